The van der Waals surface area contributed by atoms with Gasteiger partial charge in [-0.15, -0.1) is 0 Å². The van der Waals surface area contributed by atoms with Gasteiger partial charge >= 0.3 is 0 Å². The van der Waals surface area contributed by atoms with Crippen molar-refractivity contribution >= 4 is 27.7 Å². The number of rotatable bonds is 3. The number of hydrogen-bond donors (Lipinski definition) is 1. The third-order valence-electron chi connectivity index (χ3n) is 2.15. The SMILES string of the molecule is C[C@@H](O)c1ccnc(Sc2ccc(Br)cn2)c1. The highest BCUT2D eigenvalue weighted by Gasteiger charge is 2.04. The molecule has 0 amide bonds. The zero-order valence-electron chi connectivity index (χ0n) is 9.17. The predicted molar refractivity (Wildman–Crippen MR) is 70.9 cm³/mol. The Morgan fingerprint density at radius 2 is 2.06 bits per heavy atom. The molecular formula is C12H11BrN2OS. The minimum Gasteiger partial charge on any atom is -0.389 e. The van der Waals surface area contributed by atoms with Crippen molar-refractivity contribution in [2.24, 2.45) is 0 Å². The Hall–Kier alpha value is -0.910. The standard InChI is InChI=1S/C12H11BrN2OS/c1-8(16)9-4-5-14-12(6-9)17-11-3-2-10(13)7-15-11/h2-8,16H,1H3/t8-/m1/s1. The lowest BCUT2D eigenvalue weighted by Gasteiger charge is -2.06. The number of aliphatic hydroxyl groups excluding tert-OH is 1. The van der Waals surface area contributed by atoms with Crippen molar-refractivity contribution < 1.29 is 5.11 Å². The molecule has 0 saturated carbocycles. The second-order valence-electron chi connectivity index (χ2n) is 3.52. The summed E-state index contributed by atoms with van der Waals surface area (Å²) in [6.45, 7) is 1.74. The molecule has 0 aliphatic rings. The highest BCUT2D eigenvalue weighted by atomic mass is 79.9. The quantitative estimate of drug-likeness (QED) is 0.943. The lowest BCUT2D eigenvalue weighted by molar-refractivity contribution is 0.199. The van der Waals surface area contributed by atoms with Gasteiger partial charge in [0.25, 0.3) is 0 Å². The summed E-state index contributed by atoms with van der Waals surface area (Å²) in [5, 5.41) is 11.2. The zero-order chi connectivity index (χ0) is 12.3. The monoisotopic (exact) mass is 310 g/mol. The van der Waals surface area contributed by atoms with Crippen molar-refractivity contribution in [3.05, 3.63) is 46.7 Å². The summed E-state index contributed by atoms with van der Waals surface area (Å²) in [4.78, 5) is 8.50. The molecule has 88 valence electrons. The van der Waals surface area contributed by atoms with Gasteiger partial charge in [0.15, 0.2) is 0 Å². The van der Waals surface area contributed by atoms with Crippen molar-refractivity contribution in [2.75, 3.05) is 0 Å². The molecule has 5 heteroatoms. The fraction of sp³-hybridized carbons (Fsp3) is 0.167. The molecule has 2 heterocycles. The summed E-state index contributed by atoms with van der Waals surface area (Å²) in [5.74, 6) is 0. The van der Waals surface area contributed by atoms with Crippen molar-refractivity contribution in [3.8, 4) is 0 Å². The lowest BCUT2D eigenvalue weighted by Crippen LogP contribution is -1.92. The number of nitrogens with zero attached hydrogens (tertiary/aromatic N) is 2. The third kappa shape index (κ3) is 3.52. The summed E-state index contributed by atoms with van der Waals surface area (Å²) < 4.78 is 0.951. The van der Waals surface area contributed by atoms with Crippen LogP contribution >= 0.6 is 27.7 Å². The molecule has 0 bridgehead atoms. The van der Waals surface area contributed by atoms with Crippen molar-refractivity contribution in [2.45, 2.75) is 23.1 Å². The van der Waals surface area contributed by atoms with Gasteiger partial charge in [0.2, 0.25) is 0 Å². The van der Waals surface area contributed by atoms with E-state index >= 15 is 0 Å². The van der Waals surface area contributed by atoms with Gasteiger partial charge in [-0.05, 0) is 52.7 Å². The molecule has 17 heavy (non-hydrogen) atoms. The van der Waals surface area contributed by atoms with E-state index in [1.54, 1.807) is 19.3 Å². The van der Waals surface area contributed by atoms with E-state index in [-0.39, 0.29) is 0 Å². The van der Waals surface area contributed by atoms with Crippen LogP contribution in [0, 0.1) is 0 Å². The molecule has 0 spiro atoms. The Labute approximate surface area is 112 Å². The molecular weight excluding hydrogens is 300 g/mol. The Morgan fingerprint density at radius 3 is 2.71 bits per heavy atom. The molecule has 0 unspecified atom stereocenters. The van der Waals surface area contributed by atoms with Gasteiger partial charge in [-0.3, -0.25) is 0 Å². The van der Waals surface area contributed by atoms with Gasteiger partial charge in [-0.2, -0.15) is 0 Å². The second-order valence-corrected chi connectivity index (χ2v) is 5.48. The van der Waals surface area contributed by atoms with E-state index in [1.807, 2.05) is 24.3 Å². The fourth-order valence-corrected chi connectivity index (χ4v) is 2.27. The Balaban J connectivity index is 2.18. The molecule has 3 nitrogen and oxygen atoms in total. The average molecular weight is 311 g/mol. The van der Waals surface area contributed by atoms with E-state index in [9.17, 15) is 5.11 Å². The van der Waals surface area contributed by atoms with Gasteiger partial charge in [0, 0.05) is 16.9 Å². The molecule has 2 rings (SSSR count). The van der Waals surface area contributed by atoms with Crippen LogP contribution in [-0.2, 0) is 0 Å². The van der Waals surface area contributed by atoms with Crippen LogP contribution in [0.4, 0.5) is 0 Å². The van der Waals surface area contributed by atoms with Crippen LogP contribution in [0.5, 0.6) is 0 Å². The molecule has 2 aromatic heterocycles. The zero-order valence-corrected chi connectivity index (χ0v) is 11.6. The van der Waals surface area contributed by atoms with Crippen LogP contribution in [0.2, 0.25) is 0 Å². The third-order valence-corrected chi connectivity index (χ3v) is 3.50. The van der Waals surface area contributed by atoms with Crippen molar-refractivity contribution in [1.29, 1.82) is 0 Å². The molecule has 0 radical (unpaired) electrons. The molecule has 0 fully saturated rings. The van der Waals surface area contributed by atoms with Crippen LogP contribution in [0.3, 0.4) is 0 Å². The average Bonchev–Trinajstić information content (AvgIpc) is 2.32. The molecule has 1 atom stereocenters. The molecule has 1 N–H and O–H groups in total. The Kier molecular flexibility index (Phi) is 4.15. The molecule has 0 aliphatic heterocycles. The Bertz CT molecular complexity index is 502. The van der Waals surface area contributed by atoms with Gasteiger partial charge in [-0.1, -0.05) is 11.8 Å². The van der Waals surface area contributed by atoms with Crippen molar-refractivity contribution in [1.82, 2.24) is 9.97 Å². The summed E-state index contributed by atoms with van der Waals surface area (Å²) in [7, 11) is 0. The molecule has 0 aliphatic carbocycles. The summed E-state index contributed by atoms with van der Waals surface area (Å²) in [6, 6.07) is 7.54. The first-order valence-corrected chi connectivity index (χ1v) is 6.69. The van der Waals surface area contributed by atoms with Crippen LogP contribution < -0.4 is 0 Å². The molecule has 0 saturated heterocycles. The van der Waals surface area contributed by atoms with E-state index in [0.29, 0.717) is 0 Å². The minimum atomic E-state index is -0.477. The number of aromatic nitrogens is 2. The van der Waals surface area contributed by atoms with Gasteiger partial charge in [0.05, 0.1) is 6.10 Å². The smallest absolute Gasteiger partial charge is 0.103 e. The van der Waals surface area contributed by atoms with Crippen LogP contribution in [-0.4, -0.2) is 15.1 Å². The Morgan fingerprint density at radius 1 is 1.24 bits per heavy atom. The maximum Gasteiger partial charge on any atom is 0.103 e. The lowest BCUT2D eigenvalue weighted by atomic mass is 10.2. The normalized spacial score (nSPS) is 12.4. The van der Waals surface area contributed by atoms with E-state index in [1.165, 1.54) is 11.8 Å². The summed E-state index contributed by atoms with van der Waals surface area (Å²) >= 11 is 4.81. The predicted octanol–water partition coefficient (Wildman–Crippen LogP) is 3.44. The van der Waals surface area contributed by atoms with E-state index in [4.69, 9.17) is 0 Å². The fourth-order valence-electron chi connectivity index (χ4n) is 1.27. The maximum atomic E-state index is 9.49. The van der Waals surface area contributed by atoms with Crippen LogP contribution in [0.1, 0.15) is 18.6 Å². The van der Waals surface area contributed by atoms with Crippen molar-refractivity contribution in [3.63, 3.8) is 0 Å². The summed E-state index contributed by atoms with van der Waals surface area (Å²) in [5.41, 5.74) is 0.861. The maximum absolute atomic E-state index is 9.49. The highest BCUT2D eigenvalue weighted by molar-refractivity contribution is 9.10. The largest absolute Gasteiger partial charge is 0.389 e. The van der Waals surface area contributed by atoms with E-state index < -0.39 is 6.10 Å². The number of hydrogen-bond acceptors (Lipinski definition) is 4. The van der Waals surface area contributed by atoms with Gasteiger partial charge in [-0.25, -0.2) is 9.97 Å². The minimum absolute atomic E-state index is 0.477. The number of aliphatic hydroxyl groups is 1. The second kappa shape index (κ2) is 5.62. The number of pyridine rings is 2. The first kappa shape index (κ1) is 12.5. The first-order valence-electron chi connectivity index (χ1n) is 5.08. The van der Waals surface area contributed by atoms with Crippen LogP contribution in [0.15, 0.2) is 51.2 Å². The molecule has 0 aromatic carbocycles. The number of halogens is 1. The topological polar surface area (TPSA) is 46.0 Å². The first-order chi connectivity index (χ1) is 8.15. The van der Waals surface area contributed by atoms with E-state index in [0.717, 1.165) is 20.1 Å². The van der Waals surface area contributed by atoms with Gasteiger partial charge < -0.3 is 5.11 Å². The highest BCUT2D eigenvalue weighted by Crippen LogP contribution is 2.26. The van der Waals surface area contributed by atoms with Crippen LogP contribution in [0.25, 0.3) is 0 Å². The van der Waals surface area contributed by atoms with E-state index in [2.05, 4.69) is 25.9 Å². The van der Waals surface area contributed by atoms with Gasteiger partial charge in [0.1, 0.15) is 10.1 Å². The molecule has 2 aromatic rings. The summed E-state index contributed by atoms with van der Waals surface area (Å²) in [6.07, 6.45) is 2.97.